The van der Waals surface area contributed by atoms with Gasteiger partial charge in [-0.05, 0) is 43.0 Å². The van der Waals surface area contributed by atoms with Gasteiger partial charge in [-0.25, -0.2) is 0 Å². The second-order valence-corrected chi connectivity index (χ2v) is 5.83. The standard InChI is InChI=1S/C16H19F3N2O2/c17-16(18,19)12-8-6-11(7-9-12)15(23)21-13(14(20)22)10-4-2-1-3-5-10/h6-10,13H,1-5H2,(H2,20,22)(H,21,23)/t13-/m1/s1. The predicted octanol–water partition coefficient (Wildman–Crippen LogP) is 2.87. The molecule has 7 heteroatoms. The van der Waals surface area contributed by atoms with E-state index in [1.54, 1.807) is 0 Å². The van der Waals surface area contributed by atoms with Gasteiger partial charge in [0.15, 0.2) is 0 Å². The summed E-state index contributed by atoms with van der Waals surface area (Å²) in [6.45, 7) is 0. The minimum atomic E-state index is -4.45. The highest BCUT2D eigenvalue weighted by atomic mass is 19.4. The van der Waals surface area contributed by atoms with E-state index in [9.17, 15) is 22.8 Å². The number of nitrogens with two attached hydrogens (primary N) is 1. The lowest BCUT2D eigenvalue weighted by Gasteiger charge is -2.28. The fraction of sp³-hybridized carbons (Fsp3) is 0.500. The fourth-order valence-electron chi connectivity index (χ4n) is 2.92. The van der Waals surface area contributed by atoms with E-state index >= 15 is 0 Å². The van der Waals surface area contributed by atoms with E-state index in [0.717, 1.165) is 56.4 Å². The number of nitrogens with one attached hydrogen (secondary N) is 1. The maximum Gasteiger partial charge on any atom is 0.416 e. The summed E-state index contributed by atoms with van der Waals surface area (Å²) in [4.78, 5) is 23.8. The van der Waals surface area contributed by atoms with E-state index in [0.29, 0.717) is 0 Å². The monoisotopic (exact) mass is 328 g/mol. The molecule has 0 heterocycles. The van der Waals surface area contributed by atoms with Crippen molar-refractivity contribution in [3.63, 3.8) is 0 Å². The average molecular weight is 328 g/mol. The molecule has 1 aromatic carbocycles. The highest BCUT2D eigenvalue weighted by molar-refractivity contribution is 5.97. The highest BCUT2D eigenvalue weighted by Crippen LogP contribution is 2.29. The number of rotatable bonds is 4. The SMILES string of the molecule is NC(=O)[C@H](NC(=O)c1ccc(C(F)(F)F)cc1)C1CCCCC1. The van der Waals surface area contributed by atoms with E-state index < -0.39 is 29.6 Å². The molecule has 0 saturated heterocycles. The van der Waals surface area contributed by atoms with E-state index in [1.807, 2.05) is 0 Å². The number of halogens is 3. The molecule has 126 valence electrons. The van der Waals surface area contributed by atoms with Crippen LogP contribution in [0.25, 0.3) is 0 Å². The predicted molar refractivity (Wildman–Crippen MR) is 78.5 cm³/mol. The molecule has 1 fully saturated rings. The Labute approximate surface area is 132 Å². The normalized spacial score (nSPS) is 17.5. The first-order chi connectivity index (χ1) is 10.8. The lowest BCUT2D eigenvalue weighted by atomic mass is 9.83. The van der Waals surface area contributed by atoms with Crippen molar-refractivity contribution in [3.05, 3.63) is 35.4 Å². The van der Waals surface area contributed by atoms with Crippen LogP contribution in [0.4, 0.5) is 13.2 Å². The zero-order valence-corrected chi connectivity index (χ0v) is 12.5. The van der Waals surface area contributed by atoms with Crippen LogP contribution < -0.4 is 11.1 Å². The van der Waals surface area contributed by atoms with E-state index in [1.165, 1.54) is 0 Å². The van der Waals surface area contributed by atoms with Crippen molar-refractivity contribution in [2.75, 3.05) is 0 Å². The van der Waals surface area contributed by atoms with Gasteiger partial charge >= 0.3 is 6.18 Å². The number of alkyl halides is 3. The number of amides is 2. The van der Waals surface area contributed by atoms with Crippen LogP contribution in [-0.2, 0) is 11.0 Å². The molecule has 23 heavy (non-hydrogen) atoms. The molecule has 2 amide bonds. The molecule has 0 unspecified atom stereocenters. The van der Waals surface area contributed by atoms with Gasteiger partial charge in [-0.15, -0.1) is 0 Å². The van der Waals surface area contributed by atoms with Crippen LogP contribution in [0.5, 0.6) is 0 Å². The van der Waals surface area contributed by atoms with Crippen molar-refractivity contribution in [1.29, 1.82) is 0 Å². The van der Waals surface area contributed by atoms with Gasteiger partial charge in [0, 0.05) is 5.56 Å². The number of hydrogen-bond acceptors (Lipinski definition) is 2. The Morgan fingerprint density at radius 1 is 1.09 bits per heavy atom. The summed E-state index contributed by atoms with van der Waals surface area (Å²) >= 11 is 0. The summed E-state index contributed by atoms with van der Waals surface area (Å²) in [5.41, 5.74) is 4.62. The first kappa shape index (κ1) is 17.3. The van der Waals surface area contributed by atoms with Crippen molar-refractivity contribution in [3.8, 4) is 0 Å². The van der Waals surface area contributed by atoms with Gasteiger partial charge in [-0.3, -0.25) is 9.59 Å². The molecule has 1 saturated carbocycles. The third-order valence-electron chi connectivity index (χ3n) is 4.19. The lowest BCUT2D eigenvalue weighted by Crippen LogP contribution is -2.49. The third kappa shape index (κ3) is 4.46. The van der Waals surface area contributed by atoms with E-state index in [2.05, 4.69) is 5.32 Å². The molecule has 1 atom stereocenters. The molecule has 4 nitrogen and oxygen atoms in total. The van der Waals surface area contributed by atoms with Crippen LogP contribution in [-0.4, -0.2) is 17.9 Å². The maximum atomic E-state index is 12.5. The number of primary amides is 1. The van der Waals surface area contributed by atoms with Crippen LogP contribution in [0.3, 0.4) is 0 Å². The number of benzene rings is 1. The fourth-order valence-corrected chi connectivity index (χ4v) is 2.92. The summed E-state index contributed by atoms with van der Waals surface area (Å²) < 4.78 is 37.6. The molecule has 0 spiro atoms. The molecule has 0 bridgehead atoms. The van der Waals surface area contributed by atoms with Crippen molar-refractivity contribution in [1.82, 2.24) is 5.32 Å². The van der Waals surface area contributed by atoms with Crippen LogP contribution in [0, 0.1) is 5.92 Å². The Bertz CT molecular complexity index is 564. The van der Waals surface area contributed by atoms with Gasteiger partial charge in [-0.2, -0.15) is 13.2 Å². The molecule has 3 N–H and O–H groups in total. The Morgan fingerprint density at radius 3 is 2.13 bits per heavy atom. The third-order valence-corrected chi connectivity index (χ3v) is 4.19. The first-order valence-electron chi connectivity index (χ1n) is 7.56. The van der Waals surface area contributed by atoms with E-state index in [4.69, 9.17) is 5.73 Å². The molecular weight excluding hydrogens is 309 g/mol. The summed E-state index contributed by atoms with van der Waals surface area (Å²) in [7, 11) is 0. The van der Waals surface area contributed by atoms with Gasteiger partial charge in [0.05, 0.1) is 5.56 Å². The molecule has 1 aliphatic carbocycles. The zero-order chi connectivity index (χ0) is 17.0. The smallest absolute Gasteiger partial charge is 0.368 e. The Hall–Kier alpha value is -2.05. The molecule has 1 aromatic rings. The summed E-state index contributed by atoms with van der Waals surface area (Å²) in [6, 6.07) is 3.09. The van der Waals surface area contributed by atoms with E-state index in [-0.39, 0.29) is 11.5 Å². The molecule has 2 rings (SSSR count). The second-order valence-electron chi connectivity index (χ2n) is 5.83. The zero-order valence-electron chi connectivity index (χ0n) is 12.5. The second kappa shape index (κ2) is 7.02. The lowest BCUT2D eigenvalue weighted by molar-refractivity contribution is -0.137. The summed E-state index contributed by atoms with van der Waals surface area (Å²) in [6.07, 6.45) is 0.207. The van der Waals surface area contributed by atoms with Gasteiger partial charge in [0.1, 0.15) is 6.04 Å². The topological polar surface area (TPSA) is 72.2 Å². The van der Waals surface area contributed by atoms with Gasteiger partial charge < -0.3 is 11.1 Å². The number of hydrogen-bond donors (Lipinski definition) is 2. The highest BCUT2D eigenvalue weighted by Gasteiger charge is 2.31. The molecule has 0 aliphatic heterocycles. The van der Waals surface area contributed by atoms with Crippen molar-refractivity contribution >= 4 is 11.8 Å². The van der Waals surface area contributed by atoms with Crippen molar-refractivity contribution < 1.29 is 22.8 Å². The van der Waals surface area contributed by atoms with Gasteiger partial charge in [0.2, 0.25) is 5.91 Å². The molecule has 1 aliphatic rings. The van der Waals surface area contributed by atoms with Crippen LogP contribution >= 0.6 is 0 Å². The minimum absolute atomic E-state index is 0.0142. The van der Waals surface area contributed by atoms with Gasteiger partial charge in [0.25, 0.3) is 5.91 Å². The molecule has 0 radical (unpaired) electrons. The number of carbonyl (C=O) groups is 2. The van der Waals surface area contributed by atoms with Crippen molar-refractivity contribution in [2.24, 2.45) is 11.7 Å². The molecule has 0 aromatic heterocycles. The minimum Gasteiger partial charge on any atom is -0.368 e. The maximum absolute atomic E-state index is 12.5. The van der Waals surface area contributed by atoms with Crippen LogP contribution in [0.15, 0.2) is 24.3 Å². The van der Waals surface area contributed by atoms with Gasteiger partial charge in [-0.1, -0.05) is 19.3 Å². The molecular formula is C16H19F3N2O2. The van der Waals surface area contributed by atoms with Crippen LogP contribution in [0.1, 0.15) is 48.0 Å². The van der Waals surface area contributed by atoms with Crippen molar-refractivity contribution in [2.45, 2.75) is 44.3 Å². The average Bonchev–Trinajstić information content (AvgIpc) is 2.52. The Morgan fingerprint density at radius 2 is 1.65 bits per heavy atom. The number of carbonyl (C=O) groups excluding carboxylic acids is 2. The Kier molecular flexibility index (Phi) is 5.28. The first-order valence-corrected chi connectivity index (χ1v) is 7.56. The summed E-state index contributed by atoms with van der Waals surface area (Å²) in [5, 5.41) is 2.57. The Balaban J connectivity index is 2.07. The summed E-state index contributed by atoms with van der Waals surface area (Å²) in [5.74, 6) is -1.22. The van der Waals surface area contributed by atoms with Crippen LogP contribution in [0.2, 0.25) is 0 Å². The largest absolute Gasteiger partial charge is 0.416 e. The quantitative estimate of drug-likeness (QED) is 0.892.